The molecule has 2 aromatic rings. The summed E-state index contributed by atoms with van der Waals surface area (Å²) >= 11 is 0. The van der Waals surface area contributed by atoms with E-state index in [0.717, 1.165) is 31.5 Å². The zero-order valence-corrected chi connectivity index (χ0v) is 15.1. The first-order valence-electron chi connectivity index (χ1n) is 8.48. The number of rotatable bonds is 6. The first-order valence-corrected chi connectivity index (χ1v) is 8.48. The van der Waals surface area contributed by atoms with Gasteiger partial charge in [-0.1, -0.05) is 36.4 Å². The number of carbonyl (C=O) groups excluding carboxylic acids is 1. The van der Waals surface area contributed by atoms with Crippen LogP contribution in [0.5, 0.6) is 0 Å². The van der Waals surface area contributed by atoms with Crippen molar-refractivity contribution in [2.75, 3.05) is 19.6 Å². The van der Waals surface area contributed by atoms with Gasteiger partial charge in [-0.2, -0.15) is 5.10 Å². The maximum atomic E-state index is 12.8. The van der Waals surface area contributed by atoms with Crippen LogP contribution in [0.25, 0.3) is 0 Å². The molecule has 1 aromatic heterocycles. The minimum Gasteiger partial charge on any atom is -0.329 e. The van der Waals surface area contributed by atoms with E-state index in [9.17, 15) is 4.79 Å². The second-order valence-corrected chi connectivity index (χ2v) is 6.14. The summed E-state index contributed by atoms with van der Waals surface area (Å²) in [6.07, 6.45) is 5.91. The molecule has 1 N–H and O–H groups in total. The van der Waals surface area contributed by atoms with Crippen LogP contribution >= 0.6 is 12.4 Å². The Kier molecular flexibility index (Phi) is 7.22. The van der Waals surface area contributed by atoms with Crippen LogP contribution in [0.1, 0.15) is 34.9 Å². The van der Waals surface area contributed by atoms with Gasteiger partial charge in [-0.15, -0.1) is 19.0 Å². The monoisotopic (exact) mass is 360 g/mol. The Morgan fingerprint density at radius 1 is 1.36 bits per heavy atom. The number of nitrogens with zero attached hydrogens (tertiary/aromatic N) is 3. The third-order valence-corrected chi connectivity index (χ3v) is 4.33. The number of amides is 1. The van der Waals surface area contributed by atoms with E-state index in [4.69, 9.17) is 0 Å². The Balaban J connectivity index is 0.00000225. The van der Waals surface area contributed by atoms with Crippen LogP contribution in [-0.2, 0) is 6.54 Å². The predicted octanol–water partition coefficient (Wildman–Crippen LogP) is 3.06. The van der Waals surface area contributed by atoms with Crippen molar-refractivity contribution in [2.24, 2.45) is 0 Å². The first-order chi connectivity index (χ1) is 11.8. The van der Waals surface area contributed by atoms with Crippen LogP contribution in [0.2, 0.25) is 0 Å². The number of piperidine rings is 1. The van der Waals surface area contributed by atoms with E-state index in [0.29, 0.717) is 24.8 Å². The van der Waals surface area contributed by atoms with Gasteiger partial charge >= 0.3 is 0 Å². The van der Waals surface area contributed by atoms with Crippen molar-refractivity contribution in [3.8, 4) is 0 Å². The molecular weight excluding hydrogens is 336 g/mol. The molecule has 134 valence electrons. The van der Waals surface area contributed by atoms with Crippen molar-refractivity contribution >= 4 is 18.3 Å². The maximum Gasteiger partial charge on any atom is 0.274 e. The molecule has 1 aliphatic rings. The average molecular weight is 361 g/mol. The third-order valence-electron chi connectivity index (χ3n) is 4.33. The number of aromatic nitrogens is 2. The SMILES string of the molecule is C=CCN(Cc1ccccc1)C(=O)c1ccn(C2CCCNC2)n1.Cl. The van der Waals surface area contributed by atoms with E-state index in [1.807, 2.05) is 47.3 Å². The van der Waals surface area contributed by atoms with Crippen molar-refractivity contribution in [1.82, 2.24) is 20.0 Å². The Bertz CT molecular complexity index is 680. The van der Waals surface area contributed by atoms with E-state index in [2.05, 4.69) is 17.0 Å². The highest BCUT2D eigenvalue weighted by molar-refractivity contribution is 5.92. The minimum absolute atomic E-state index is 0. The Labute approximate surface area is 155 Å². The second kappa shape index (κ2) is 9.39. The molecule has 1 amide bonds. The van der Waals surface area contributed by atoms with Gasteiger partial charge in [-0.25, -0.2) is 0 Å². The lowest BCUT2D eigenvalue weighted by Gasteiger charge is -2.23. The summed E-state index contributed by atoms with van der Waals surface area (Å²) < 4.78 is 1.92. The van der Waals surface area contributed by atoms with Crippen molar-refractivity contribution in [3.63, 3.8) is 0 Å². The van der Waals surface area contributed by atoms with E-state index < -0.39 is 0 Å². The van der Waals surface area contributed by atoms with Gasteiger partial charge in [-0.3, -0.25) is 9.48 Å². The summed E-state index contributed by atoms with van der Waals surface area (Å²) in [5, 5.41) is 7.91. The van der Waals surface area contributed by atoms with Crippen LogP contribution in [0.4, 0.5) is 0 Å². The van der Waals surface area contributed by atoms with Crippen LogP contribution < -0.4 is 5.32 Å². The van der Waals surface area contributed by atoms with E-state index in [-0.39, 0.29) is 18.3 Å². The standard InChI is InChI=1S/C19H24N4O.ClH/c1-2-12-22(15-16-7-4-3-5-8-16)19(24)18-10-13-23(21-18)17-9-6-11-20-14-17;/h2-5,7-8,10,13,17,20H,1,6,9,11-12,14-15H2;1H. The number of hydrogen-bond acceptors (Lipinski definition) is 3. The molecule has 6 heteroatoms. The first kappa shape index (κ1) is 19.2. The molecule has 1 fully saturated rings. The summed E-state index contributed by atoms with van der Waals surface area (Å²) in [6, 6.07) is 12.1. The smallest absolute Gasteiger partial charge is 0.274 e. The van der Waals surface area contributed by atoms with Gasteiger partial charge < -0.3 is 10.2 Å². The van der Waals surface area contributed by atoms with E-state index in [1.165, 1.54) is 0 Å². The molecule has 3 rings (SSSR count). The Morgan fingerprint density at radius 2 is 2.16 bits per heavy atom. The fourth-order valence-corrected chi connectivity index (χ4v) is 3.06. The molecular formula is C19H25ClN4O. The molecule has 1 aliphatic heterocycles. The molecule has 0 bridgehead atoms. The molecule has 0 aliphatic carbocycles. The van der Waals surface area contributed by atoms with Crippen molar-refractivity contribution in [1.29, 1.82) is 0 Å². The number of halogens is 1. The lowest BCUT2D eigenvalue weighted by molar-refractivity contribution is 0.0755. The predicted molar refractivity (Wildman–Crippen MR) is 102 cm³/mol. The minimum atomic E-state index is -0.0544. The molecule has 1 aromatic carbocycles. The average Bonchev–Trinajstić information content (AvgIpc) is 3.12. The zero-order chi connectivity index (χ0) is 16.8. The molecule has 2 heterocycles. The summed E-state index contributed by atoms with van der Waals surface area (Å²) in [5.74, 6) is -0.0544. The van der Waals surface area contributed by atoms with Gasteiger partial charge in [0.05, 0.1) is 6.04 Å². The van der Waals surface area contributed by atoms with Crippen molar-refractivity contribution in [3.05, 3.63) is 66.5 Å². The lowest BCUT2D eigenvalue weighted by Crippen LogP contribution is -2.33. The second-order valence-electron chi connectivity index (χ2n) is 6.14. The number of benzene rings is 1. The van der Waals surface area contributed by atoms with Gasteiger partial charge in [0.2, 0.25) is 0 Å². The summed E-state index contributed by atoms with van der Waals surface area (Å²) in [5.41, 5.74) is 1.60. The topological polar surface area (TPSA) is 50.2 Å². The lowest BCUT2D eigenvalue weighted by atomic mass is 10.1. The summed E-state index contributed by atoms with van der Waals surface area (Å²) in [4.78, 5) is 14.6. The Hall–Kier alpha value is -2.11. The fourth-order valence-electron chi connectivity index (χ4n) is 3.06. The van der Waals surface area contributed by atoms with E-state index in [1.54, 1.807) is 11.0 Å². The fraction of sp³-hybridized carbons (Fsp3) is 0.368. The number of nitrogens with one attached hydrogen (secondary N) is 1. The highest BCUT2D eigenvalue weighted by Crippen LogP contribution is 2.17. The normalized spacial score (nSPS) is 16.7. The maximum absolute atomic E-state index is 12.8. The molecule has 0 radical (unpaired) electrons. The molecule has 0 saturated carbocycles. The Morgan fingerprint density at radius 3 is 2.84 bits per heavy atom. The van der Waals surface area contributed by atoms with Crippen LogP contribution in [0.15, 0.2) is 55.3 Å². The highest BCUT2D eigenvalue weighted by atomic mass is 35.5. The van der Waals surface area contributed by atoms with E-state index >= 15 is 0 Å². The zero-order valence-electron chi connectivity index (χ0n) is 14.3. The third kappa shape index (κ3) is 4.94. The van der Waals surface area contributed by atoms with Gasteiger partial charge in [-0.05, 0) is 31.0 Å². The van der Waals surface area contributed by atoms with Crippen LogP contribution in [0, 0.1) is 0 Å². The quantitative estimate of drug-likeness (QED) is 0.805. The van der Waals surface area contributed by atoms with Gasteiger partial charge in [0.1, 0.15) is 5.69 Å². The molecule has 1 unspecified atom stereocenters. The largest absolute Gasteiger partial charge is 0.329 e. The summed E-state index contributed by atoms with van der Waals surface area (Å²) in [7, 11) is 0. The summed E-state index contributed by atoms with van der Waals surface area (Å²) in [6.45, 7) is 6.81. The number of carbonyl (C=O) groups is 1. The van der Waals surface area contributed by atoms with Gasteiger partial charge in [0.25, 0.3) is 5.91 Å². The molecule has 5 nitrogen and oxygen atoms in total. The van der Waals surface area contributed by atoms with Gasteiger partial charge in [0, 0.05) is 25.8 Å². The highest BCUT2D eigenvalue weighted by Gasteiger charge is 2.21. The van der Waals surface area contributed by atoms with Crippen molar-refractivity contribution < 1.29 is 4.79 Å². The van der Waals surface area contributed by atoms with Crippen molar-refractivity contribution in [2.45, 2.75) is 25.4 Å². The molecule has 25 heavy (non-hydrogen) atoms. The molecule has 0 spiro atoms. The van der Waals surface area contributed by atoms with Gasteiger partial charge in [0.15, 0.2) is 0 Å². The van der Waals surface area contributed by atoms with Crippen LogP contribution in [0.3, 0.4) is 0 Å². The molecule has 1 atom stereocenters. The van der Waals surface area contributed by atoms with Crippen LogP contribution in [-0.4, -0.2) is 40.2 Å². The number of hydrogen-bond donors (Lipinski definition) is 1. The molecule has 1 saturated heterocycles.